The predicted molar refractivity (Wildman–Crippen MR) is 117 cm³/mol. The van der Waals surface area contributed by atoms with Crippen LogP contribution < -0.4 is 15.0 Å². The molecule has 1 aliphatic rings. The molecule has 2 aromatic heterocycles. The van der Waals surface area contributed by atoms with Crippen molar-refractivity contribution in [2.24, 2.45) is 5.92 Å². The monoisotopic (exact) mass is 423 g/mol. The van der Waals surface area contributed by atoms with Crippen molar-refractivity contribution in [2.45, 2.75) is 25.8 Å². The Hall–Kier alpha value is -3.00. The van der Waals surface area contributed by atoms with Crippen molar-refractivity contribution in [2.75, 3.05) is 25.1 Å². The number of pyridine rings is 1. The summed E-state index contributed by atoms with van der Waals surface area (Å²) in [6.07, 6.45) is 4.06. The van der Waals surface area contributed by atoms with Gasteiger partial charge in [-0.2, -0.15) is 4.37 Å². The van der Waals surface area contributed by atoms with Gasteiger partial charge in [-0.1, -0.05) is 18.2 Å². The average Bonchev–Trinajstić information content (AvgIpc) is 3.27. The molecule has 4 rings (SSSR count). The van der Waals surface area contributed by atoms with Crippen LogP contribution in [0.3, 0.4) is 0 Å². The first-order chi connectivity index (χ1) is 14.7. The van der Waals surface area contributed by atoms with E-state index in [4.69, 9.17) is 9.72 Å². The summed E-state index contributed by atoms with van der Waals surface area (Å²) in [5.41, 5.74) is 2.00. The van der Waals surface area contributed by atoms with E-state index in [1.807, 2.05) is 36.4 Å². The Balaban J connectivity index is 1.27. The van der Waals surface area contributed by atoms with Crippen LogP contribution >= 0.6 is 11.5 Å². The zero-order valence-corrected chi connectivity index (χ0v) is 17.8. The van der Waals surface area contributed by atoms with Gasteiger partial charge in [0.25, 0.3) is 0 Å². The zero-order chi connectivity index (χ0) is 20.8. The van der Waals surface area contributed by atoms with Crippen molar-refractivity contribution >= 4 is 22.6 Å². The molecule has 0 radical (unpaired) electrons. The number of hydrogen-bond acceptors (Lipinski definition) is 7. The summed E-state index contributed by atoms with van der Waals surface area (Å²) in [4.78, 5) is 23.7. The number of aromatic nitrogens is 3. The van der Waals surface area contributed by atoms with E-state index in [0.29, 0.717) is 13.0 Å². The summed E-state index contributed by atoms with van der Waals surface area (Å²) in [5, 5.41) is 3.94. The van der Waals surface area contributed by atoms with Crippen molar-refractivity contribution in [3.8, 4) is 5.75 Å². The quantitative estimate of drug-likeness (QED) is 0.629. The SMILES string of the molecule is COc1cccc(Cc2nsc(N3CCC(C(=O)NCc4ccccn4)CC3)n2)c1. The number of nitrogens with one attached hydrogen (secondary N) is 1. The number of methoxy groups -OCH3 is 1. The Morgan fingerprint density at radius 3 is 2.87 bits per heavy atom. The first-order valence-electron chi connectivity index (χ1n) is 10.1. The number of amides is 1. The molecule has 0 aliphatic carbocycles. The van der Waals surface area contributed by atoms with Crippen LogP contribution in [0.2, 0.25) is 0 Å². The predicted octanol–water partition coefficient (Wildman–Crippen LogP) is 3.07. The highest BCUT2D eigenvalue weighted by Crippen LogP contribution is 2.26. The van der Waals surface area contributed by atoms with Crippen molar-refractivity contribution in [3.63, 3.8) is 0 Å². The second-order valence-electron chi connectivity index (χ2n) is 7.32. The van der Waals surface area contributed by atoms with E-state index in [0.717, 1.165) is 53.9 Å². The summed E-state index contributed by atoms with van der Waals surface area (Å²) < 4.78 is 9.80. The van der Waals surface area contributed by atoms with Gasteiger partial charge in [0, 0.05) is 43.2 Å². The van der Waals surface area contributed by atoms with E-state index in [9.17, 15) is 4.79 Å². The molecule has 1 fully saturated rings. The number of benzene rings is 1. The molecule has 30 heavy (non-hydrogen) atoms. The topological polar surface area (TPSA) is 80.2 Å². The van der Waals surface area contributed by atoms with Crippen LogP contribution in [-0.4, -0.2) is 40.4 Å². The Morgan fingerprint density at radius 1 is 1.23 bits per heavy atom. The van der Waals surface area contributed by atoms with E-state index in [2.05, 4.69) is 25.6 Å². The number of ether oxygens (including phenoxy) is 1. The van der Waals surface area contributed by atoms with Gasteiger partial charge in [0.2, 0.25) is 11.0 Å². The van der Waals surface area contributed by atoms with Gasteiger partial charge in [-0.15, -0.1) is 0 Å². The van der Waals surface area contributed by atoms with Crippen LogP contribution in [0, 0.1) is 5.92 Å². The third-order valence-electron chi connectivity index (χ3n) is 5.26. The summed E-state index contributed by atoms with van der Waals surface area (Å²) in [6, 6.07) is 13.7. The van der Waals surface area contributed by atoms with Gasteiger partial charge in [0.05, 0.1) is 19.3 Å². The lowest BCUT2D eigenvalue weighted by Gasteiger charge is -2.30. The van der Waals surface area contributed by atoms with Gasteiger partial charge >= 0.3 is 0 Å². The normalized spacial score (nSPS) is 14.5. The minimum atomic E-state index is 0.0362. The van der Waals surface area contributed by atoms with E-state index in [-0.39, 0.29) is 11.8 Å². The molecule has 0 unspecified atom stereocenters. The number of carbonyl (C=O) groups excluding carboxylic acids is 1. The van der Waals surface area contributed by atoms with Gasteiger partial charge in [-0.05, 0) is 42.7 Å². The third-order valence-corrected chi connectivity index (χ3v) is 6.07. The standard InChI is InChI=1S/C22H25N5O2S/c1-29-19-7-4-5-16(13-19)14-20-25-22(30-26-20)27-11-8-17(9-12-27)21(28)24-15-18-6-2-3-10-23-18/h2-7,10,13,17H,8-9,11-12,14-15H2,1H3,(H,24,28). The van der Waals surface area contributed by atoms with Gasteiger partial charge in [0.1, 0.15) is 11.6 Å². The number of anilines is 1. The summed E-state index contributed by atoms with van der Waals surface area (Å²) >= 11 is 1.43. The van der Waals surface area contributed by atoms with Gasteiger partial charge in [-0.3, -0.25) is 9.78 Å². The number of nitrogens with zero attached hydrogens (tertiary/aromatic N) is 4. The summed E-state index contributed by atoms with van der Waals surface area (Å²) in [7, 11) is 1.67. The van der Waals surface area contributed by atoms with Gasteiger partial charge < -0.3 is 15.0 Å². The summed E-state index contributed by atoms with van der Waals surface area (Å²) in [5.74, 6) is 1.80. The van der Waals surface area contributed by atoms with Crippen LogP contribution in [-0.2, 0) is 17.8 Å². The average molecular weight is 424 g/mol. The molecule has 156 valence electrons. The molecule has 0 spiro atoms. The lowest BCUT2D eigenvalue weighted by molar-refractivity contribution is -0.125. The largest absolute Gasteiger partial charge is 0.497 e. The fraction of sp³-hybridized carbons (Fsp3) is 0.364. The van der Waals surface area contributed by atoms with E-state index in [1.165, 1.54) is 11.5 Å². The fourth-order valence-corrected chi connectivity index (χ4v) is 4.30. The fourth-order valence-electron chi connectivity index (χ4n) is 3.57. The Morgan fingerprint density at radius 2 is 2.10 bits per heavy atom. The minimum absolute atomic E-state index is 0.0362. The molecule has 1 amide bonds. The molecular formula is C22H25N5O2S. The van der Waals surface area contributed by atoms with Crippen LogP contribution in [0.1, 0.15) is 29.9 Å². The lowest BCUT2D eigenvalue weighted by Crippen LogP contribution is -2.40. The smallest absolute Gasteiger partial charge is 0.223 e. The number of carbonyl (C=O) groups is 1. The van der Waals surface area contributed by atoms with Gasteiger partial charge in [-0.25, -0.2) is 4.98 Å². The second-order valence-corrected chi connectivity index (χ2v) is 8.05. The van der Waals surface area contributed by atoms with E-state index >= 15 is 0 Å². The van der Waals surface area contributed by atoms with Gasteiger partial charge in [0.15, 0.2) is 0 Å². The van der Waals surface area contributed by atoms with Crippen LogP contribution in [0.5, 0.6) is 5.75 Å². The molecule has 3 heterocycles. The highest BCUT2D eigenvalue weighted by molar-refractivity contribution is 7.09. The van der Waals surface area contributed by atoms with E-state index in [1.54, 1.807) is 13.3 Å². The molecule has 7 nitrogen and oxygen atoms in total. The molecule has 8 heteroatoms. The van der Waals surface area contributed by atoms with Crippen molar-refractivity contribution in [1.29, 1.82) is 0 Å². The first kappa shape index (κ1) is 20.3. The van der Waals surface area contributed by atoms with E-state index < -0.39 is 0 Å². The Kier molecular flexibility index (Phi) is 6.53. The molecule has 3 aromatic rings. The van der Waals surface area contributed by atoms with Crippen LogP contribution in [0.4, 0.5) is 5.13 Å². The Labute approximate surface area is 180 Å². The maximum absolute atomic E-state index is 12.5. The molecule has 0 bridgehead atoms. The van der Waals surface area contributed by atoms with Crippen molar-refractivity contribution < 1.29 is 9.53 Å². The maximum atomic E-state index is 12.5. The zero-order valence-electron chi connectivity index (χ0n) is 17.0. The lowest BCUT2D eigenvalue weighted by atomic mass is 9.96. The number of hydrogen-bond donors (Lipinski definition) is 1. The highest BCUT2D eigenvalue weighted by atomic mass is 32.1. The first-order valence-corrected chi connectivity index (χ1v) is 10.9. The molecule has 1 saturated heterocycles. The molecule has 1 N–H and O–H groups in total. The molecular weight excluding hydrogens is 398 g/mol. The maximum Gasteiger partial charge on any atom is 0.223 e. The molecule has 0 atom stereocenters. The Bertz CT molecular complexity index is 970. The molecule has 0 saturated carbocycles. The third kappa shape index (κ3) is 5.13. The minimum Gasteiger partial charge on any atom is -0.497 e. The second kappa shape index (κ2) is 9.67. The molecule has 1 aromatic carbocycles. The van der Waals surface area contributed by atoms with Crippen molar-refractivity contribution in [1.82, 2.24) is 19.7 Å². The number of rotatable bonds is 7. The summed E-state index contributed by atoms with van der Waals surface area (Å²) in [6.45, 7) is 2.11. The molecule has 1 aliphatic heterocycles. The van der Waals surface area contributed by atoms with Crippen LogP contribution in [0.25, 0.3) is 0 Å². The number of piperidine rings is 1. The van der Waals surface area contributed by atoms with Crippen LogP contribution in [0.15, 0.2) is 48.7 Å². The van der Waals surface area contributed by atoms with Crippen molar-refractivity contribution in [3.05, 3.63) is 65.7 Å². The highest BCUT2D eigenvalue weighted by Gasteiger charge is 2.26.